The third kappa shape index (κ3) is 2.35. The van der Waals surface area contributed by atoms with Crippen molar-refractivity contribution in [2.24, 2.45) is 5.73 Å². The van der Waals surface area contributed by atoms with Crippen molar-refractivity contribution in [2.75, 3.05) is 13.7 Å². The molecule has 1 unspecified atom stereocenters. The Morgan fingerprint density at radius 3 is 2.90 bits per heavy atom. The number of hydrogen-bond acceptors (Lipinski definition) is 4. The van der Waals surface area contributed by atoms with E-state index >= 15 is 0 Å². The van der Waals surface area contributed by atoms with Crippen molar-refractivity contribution < 1.29 is 4.74 Å². The van der Waals surface area contributed by atoms with Crippen molar-refractivity contribution in [3.8, 4) is 0 Å². The maximum atomic E-state index is 6.38. The fourth-order valence-electron chi connectivity index (χ4n) is 2.34. The average Bonchev–Trinajstić information content (AvgIpc) is 3.12. The molecule has 5 heteroatoms. The monoisotopic (exact) mass is 287 g/mol. The minimum absolute atomic E-state index is 0.195. The summed E-state index contributed by atoms with van der Waals surface area (Å²) in [4.78, 5) is 5.83. The molecule has 1 atom stereocenters. The van der Waals surface area contributed by atoms with Crippen molar-refractivity contribution in [1.82, 2.24) is 9.55 Å². The van der Waals surface area contributed by atoms with Crippen LogP contribution in [0, 0.1) is 0 Å². The zero-order valence-corrected chi connectivity index (χ0v) is 12.1. The molecule has 0 aliphatic rings. The second-order valence-electron chi connectivity index (χ2n) is 4.60. The van der Waals surface area contributed by atoms with Crippen molar-refractivity contribution >= 4 is 22.4 Å². The first-order chi connectivity index (χ1) is 9.81. The van der Waals surface area contributed by atoms with Crippen LogP contribution in [-0.4, -0.2) is 23.3 Å². The number of thiophene rings is 1. The molecular weight excluding hydrogens is 270 g/mol. The number of ether oxygens (including phenoxy) is 1. The van der Waals surface area contributed by atoms with Crippen LogP contribution in [-0.2, 0) is 11.3 Å². The molecule has 0 radical (unpaired) electrons. The number of methoxy groups -OCH3 is 1. The number of para-hydroxylation sites is 2. The Balaban J connectivity index is 2.08. The number of aromatic nitrogens is 2. The van der Waals surface area contributed by atoms with E-state index in [0.717, 1.165) is 28.3 Å². The molecule has 2 N–H and O–H groups in total. The highest BCUT2D eigenvalue weighted by Crippen LogP contribution is 2.26. The van der Waals surface area contributed by atoms with Crippen LogP contribution in [0.3, 0.4) is 0 Å². The number of benzene rings is 1. The minimum atomic E-state index is -0.195. The molecule has 0 amide bonds. The zero-order chi connectivity index (χ0) is 13.9. The molecule has 0 aliphatic carbocycles. The highest BCUT2D eigenvalue weighted by Gasteiger charge is 2.18. The third-order valence-electron chi connectivity index (χ3n) is 3.33. The molecule has 0 saturated heterocycles. The molecule has 0 aliphatic heterocycles. The number of rotatable bonds is 5. The first kappa shape index (κ1) is 13.3. The lowest BCUT2D eigenvalue weighted by Gasteiger charge is -2.13. The van der Waals surface area contributed by atoms with Crippen LogP contribution in [0.1, 0.15) is 16.7 Å². The summed E-state index contributed by atoms with van der Waals surface area (Å²) in [7, 11) is 1.71. The van der Waals surface area contributed by atoms with Crippen LogP contribution in [0.15, 0.2) is 41.8 Å². The predicted molar refractivity (Wildman–Crippen MR) is 82.0 cm³/mol. The number of nitrogens with two attached hydrogens (primary N) is 1. The number of imidazole rings is 1. The lowest BCUT2D eigenvalue weighted by atomic mass is 10.2. The largest absolute Gasteiger partial charge is 0.383 e. The smallest absolute Gasteiger partial charge is 0.132 e. The summed E-state index contributed by atoms with van der Waals surface area (Å²) in [5.74, 6) is 0.894. The summed E-state index contributed by atoms with van der Waals surface area (Å²) >= 11 is 1.66. The fourth-order valence-corrected chi connectivity index (χ4v) is 3.07. The molecule has 4 nitrogen and oxygen atoms in total. The number of nitrogens with zero attached hydrogens (tertiary/aromatic N) is 2. The van der Waals surface area contributed by atoms with E-state index in [1.165, 1.54) is 0 Å². The number of hydrogen-bond donors (Lipinski definition) is 1. The normalized spacial score (nSPS) is 12.9. The molecule has 0 fully saturated rings. The van der Waals surface area contributed by atoms with Gasteiger partial charge >= 0.3 is 0 Å². The molecule has 1 aromatic carbocycles. The Morgan fingerprint density at radius 2 is 2.15 bits per heavy atom. The van der Waals surface area contributed by atoms with E-state index in [1.807, 2.05) is 29.6 Å². The fraction of sp³-hybridized carbons (Fsp3) is 0.267. The van der Waals surface area contributed by atoms with Crippen molar-refractivity contribution in [3.63, 3.8) is 0 Å². The Labute approximate surface area is 121 Å². The van der Waals surface area contributed by atoms with Gasteiger partial charge in [-0.15, -0.1) is 11.3 Å². The maximum absolute atomic E-state index is 6.38. The molecule has 2 aromatic heterocycles. The van der Waals surface area contributed by atoms with Crippen molar-refractivity contribution in [2.45, 2.75) is 12.6 Å². The Morgan fingerprint density at radius 1 is 1.30 bits per heavy atom. The maximum Gasteiger partial charge on any atom is 0.132 e. The van der Waals surface area contributed by atoms with Gasteiger partial charge in [0.2, 0.25) is 0 Å². The summed E-state index contributed by atoms with van der Waals surface area (Å²) in [6.07, 6.45) is 0. The van der Waals surface area contributed by atoms with Crippen molar-refractivity contribution in [1.29, 1.82) is 0 Å². The van der Waals surface area contributed by atoms with Crippen LogP contribution in [0.2, 0.25) is 0 Å². The number of fused-ring (bicyclic) bond motifs is 1. The van der Waals surface area contributed by atoms with Gasteiger partial charge in [0.05, 0.1) is 23.7 Å². The molecular formula is C15H17N3OS. The van der Waals surface area contributed by atoms with E-state index in [-0.39, 0.29) is 6.04 Å². The van der Waals surface area contributed by atoms with Gasteiger partial charge in [-0.3, -0.25) is 0 Å². The lowest BCUT2D eigenvalue weighted by Crippen LogP contribution is -2.18. The average molecular weight is 287 g/mol. The summed E-state index contributed by atoms with van der Waals surface area (Å²) in [6.45, 7) is 1.40. The second kappa shape index (κ2) is 5.75. The summed E-state index contributed by atoms with van der Waals surface area (Å²) in [6, 6.07) is 12.0. The summed E-state index contributed by atoms with van der Waals surface area (Å²) in [5, 5.41) is 2.04. The van der Waals surface area contributed by atoms with Gasteiger partial charge in [0.25, 0.3) is 0 Å². The quantitative estimate of drug-likeness (QED) is 0.785. The van der Waals surface area contributed by atoms with Gasteiger partial charge in [-0.2, -0.15) is 0 Å². The predicted octanol–water partition coefficient (Wildman–Crippen LogP) is 2.79. The Bertz CT molecular complexity index is 690. The standard InChI is InChI=1S/C15H17N3OS/c1-19-9-8-18-12-6-3-2-5-11(12)17-15(18)14(16)13-7-4-10-20-13/h2-7,10,14H,8-9,16H2,1H3. The summed E-state index contributed by atoms with van der Waals surface area (Å²) in [5.41, 5.74) is 8.46. The lowest BCUT2D eigenvalue weighted by molar-refractivity contribution is 0.187. The highest BCUT2D eigenvalue weighted by molar-refractivity contribution is 7.10. The van der Waals surface area contributed by atoms with Crippen LogP contribution in [0.4, 0.5) is 0 Å². The van der Waals surface area contributed by atoms with E-state index in [1.54, 1.807) is 18.4 Å². The van der Waals surface area contributed by atoms with Crippen LogP contribution in [0.25, 0.3) is 11.0 Å². The van der Waals surface area contributed by atoms with Gasteiger partial charge in [0.15, 0.2) is 0 Å². The van der Waals surface area contributed by atoms with E-state index in [0.29, 0.717) is 6.61 Å². The molecule has 0 saturated carbocycles. The third-order valence-corrected chi connectivity index (χ3v) is 4.29. The highest BCUT2D eigenvalue weighted by atomic mass is 32.1. The van der Waals surface area contributed by atoms with Crippen molar-refractivity contribution in [3.05, 3.63) is 52.5 Å². The van der Waals surface area contributed by atoms with Gasteiger partial charge in [-0.1, -0.05) is 18.2 Å². The molecule has 2 heterocycles. The van der Waals surface area contributed by atoms with Gasteiger partial charge in [0, 0.05) is 18.5 Å². The topological polar surface area (TPSA) is 53.1 Å². The van der Waals surface area contributed by atoms with Crippen LogP contribution >= 0.6 is 11.3 Å². The first-order valence-corrected chi connectivity index (χ1v) is 7.42. The van der Waals surface area contributed by atoms with Gasteiger partial charge in [-0.25, -0.2) is 4.98 Å². The van der Waals surface area contributed by atoms with Gasteiger partial charge in [-0.05, 0) is 23.6 Å². The Kier molecular flexibility index (Phi) is 3.82. The molecule has 3 aromatic rings. The summed E-state index contributed by atoms with van der Waals surface area (Å²) < 4.78 is 7.36. The SMILES string of the molecule is COCCn1c(C(N)c2cccs2)nc2ccccc21. The zero-order valence-electron chi connectivity index (χ0n) is 11.3. The Hall–Kier alpha value is -1.69. The molecule has 0 spiro atoms. The van der Waals surface area contributed by atoms with E-state index in [9.17, 15) is 0 Å². The van der Waals surface area contributed by atoms with Gasteiger partial charge in [0.1, 0.15) is 5.82 Å². The van der Waals surface area contributed by atoms with E-state index in [4.69, 9.17) is 15.5 Å². The molecule has 104 valence electrons. The molecule has 3 rings (SSSR count). The van der Waals surface area contributed by atoms with Crippen LogP contribution < -0.4 is 5.73 Å². The van der Waals surface area contributed by atoms with E-state index < -0.39 is 0 Å². The van der Waals surface area contributed by atoms with Crippen LogP contribution in [0.5, 0.6) is 0 Å². The molecule has 20 heavy (non-hydrogen) atoms. The minimum Gasteiger partial charge on any atom is -0.383 e. The second-order valence-corrected chi connectivity index (χ2v) is 5.58. The first-order valence-electron chi connectivity index (χ1n) is 6.54. The van der Waals surface area contributed by atoms with E-state index in [2.05, 4.69) is 16.7 Å². The van der Waals surface area contributed by atoms with Gasteiger partial charge < -0.3 is 15.0 Å². The molecule has 0 bridgehead atoms.